The van der Waals surface area contributed by atoms with Crippen LogP contribution in [0.25, 0.3) is 0 Å². The first kappa shape index (κ1) is 16.7. The summed E-state index contributed by atoms with van der Waals surface area (Å²) in [6.45, 7) is 5.49. The van der Waals surface area contributed by atoms with Gasteiger partial charge in [-0.05, 0) is 50.3 Å². The van der Waals surface area contributed by atoms with E-state index >= 15 is 0 Å². The van der Waals surface area contributed by atoms with Crippen LogP contribution in [0.1, 0.15) is 36.5 Å². The number of hydrogen-bond donors (Lipinski definition) is 1. The van der Waals surface area contributed by atoms with Gasteiger partial charge in [-0.15, -0.1) is 11.8 Å². The molecule has 0 spiro atoms. The molecule has 3 nitrogen and oxygen atoms in total. The standard InChI is InChI=1S/C16H23ClN2OS/c1-3-8-19-9-6-12(7-10-19)18-16(20)14-11-13(21-2)4-5-15(14)17/h4-5,11-12H,3,6-10H2,1-2H3,(H,18,20). The minimum atomic E-state index is -0.0511. The van der Waals surface area contributed by atoms with Crippen molar-refractivity contribution in [2.45, 2.75) is 37.1 Å². The number of nitrogens with zero attached hydrogens (tertiary/aromatic N) is 1. The molecular weight excluding hydrogens is 304 g/mol. The topological polar surface area (TPSA) is 32.3 Å². The molecule has 0 aliphatic carbocycles. The van der Waals surface area contributed by atoms with Gasteiger partial charge in [-0.25, -0.2) is 0 Å². The van der Waals surface area contributed by atoms with Crippen molar-refractivity contribution >= 4 is 29.3 Å². The number of hydrogen-bond acceptors (Lipinski definition) is 3. The van der Waals surface area contributed by atoms with Gasteiger partial charge in [-0.3, -0.25) is 4.79 Å². The van der Waals surface area contributed by atoms with Gasteiger partial charge in [-0.1, -0.05) is 18.5 Å². The SMILES string of the molecule is CCCN1CCC(NC(=O)c2cc(SC)ccc2Cl)CC1. The molecule has 0 atom stereocenters. The van der Waals surface area contributed by atoms with Crippen molar-refractivity contribution < 1.29 is 4.79 Å². The average molecular weight is 327 g/mol. The van der Waals surface area contributed by atoms with Crippen LogP contribution in [0.15, 0.2) is 23.1 Å². The normalized spacial score (nSPS) is 16.9. The highest BCUT2D eigenvalue weighted by Gasteiger charge is 2.21. The number of halogens is 1. The second-order valence-corrected chi connectivity index (χ2v) is 6.72. The minimum Gasteiger partial charge on any atom is -0.349 e. The number of benzene rings is 1. The Balaban J connectivity index is 1.93. The van der Waals surface area contributed by atoms with Gasteiger partial charge in [-0.2, -0.15) is 0 Å². The summed E-state index contributed by atoms with van der Waals surface area (Å²) in [5.41, 5.74) is 0.583. The minimum absolute atomic E-state index is 0.0511. The van der Waals surface area contributed by atoms with E-state index in [1.165, 1.54) is 6.42 Å². The molecule has 21 heavy (non-hydrogen) atoms. The fourth-order valence-corrected chi connectivity index (χ4v) is 3.33. The number of amides is 1. The van der Waals surface area contributed by atoms with E-state index in [2.05, 4.69) is 17.1 Å². The first-order chi connectivity index (χ1) is 10.1. The van der Waals surface area contributed by atoms with E-state index in [9.17, 15) is 4.79 Å². The van der Waals surface area contributed by atoms with Crippen molar-refractivity contribution in [3.05, 3.63) is 28.8 Å². The van der Waals surface area contributed by atoms with Crippen molar-refractivity contribution in [2.75, 3.05) is 25.9 Å². The van der Waals surface area contributed by atoms with Crippen LogP contribution in [-0.2, 0) is 0 Å². The summed E-state index contributed by atoms with van der Waals surface area (Å²) >= 11 is 7.77. The molecular formula is C16H23ClN2OS. The molecule has 1 aromatic carbocycles. The van der Waals surface area contributed by atoms with Gasteiger partial charge in [0.05, 0.1) is 10.6 Å². The van der Waals surface area contributed by atoms with Gasteiger partial charge in [0.2, 0.25) is 0 Å². The largest absolute Gasteiger partial charge is 0.349 e. The highest BCUT2D eigenvalue weighted by molar-refractivity contribution is 7.98. The highest BCUT2D eigenvalue weighted by atomic mass is 35.5. The predicted octanol–water partition coefficient (Wildman–Crippen LogP) is 3.67. The quantitative estimate of drug-likeness (QED) is 0.838. The summed E-state index contributed by atoms with van der Waals surface area (Å²) in [6.07, 6.45) is 5.22. The number of piperidine rings is 1. The van der Waals surface area contributed by atoms with E-state index in [0.29, 0.717) is 10.6 Å². The lowest BCUT2D eigenvalue weighted by Crippen LogP contribution is -2.44. The van der Waals surface area contributed by atoms with Gasteiger partial charge in [0.25, 0.3) is 5.91 Å². The second kappa shape index (κ2) is 8.06. The van der Waals surface area contributed by atoms with Crippen LogP contribution in [0.4, 0.5) is 0 Å². The Labute approximate surface area is 136 Å². The molecule has 1 heterocycles. The molecule has 0 bridgehead atoms. The maximum absolute atomic E-state index is 12.4. The molecule has 1 saturated heterocycles. The average Bonchev–Trinajstić information content (AvgIpc) is 2.50. The predicted molar refractivity (Wildman–Crippen MR) is 90.5 cm³/mol. The molecule has 1 aliphatic rings. The summed E-state index contributed by atoms with van der Waals surface area (Å²) in [5.74, 6) is -0.0511. The van der Waals surface area contributed by atoms with E-state index < -0.39 is 0 Å². The van der Waals surface area contributed by atoms with Crippen LogP contribution >= 0.6 is 23.4 Å². The molecule has 1 fully saturated rings. The van der Waals surface area contributed by atoms with Crippen LogP contribution in [0.5, 0.6) is 0 Å². The summed E-state index contributed by atoms with van der Waals surface area (Å²) in [7, 11) is 0. The van der Waals surface area contributed by atoms with Crippen LogP contribution < -0.4 is 5.32 Å². The Kier molecular flexibility index (Phi) is 6.40. The van der Waals surface area contributed by atoms with Crippen molar-refractivity contribution in [2.24, 2.45) is 0 Å². The van der Waals surface area contributed by atoms with E-state index in [1.54, 1.807) is 17.8 Å². The lowest BCUT2D eigenvalue weighted by atomic mass is 10.0. The molecule has 116 valence electrons. The Morgan fingerprint density at radius 1 is 1.43 bits per heavy atom. The fraction of sp³-hybridized carbons (Fsp3) is 0.562. The molecule has 1 N–H and O–H groups in total. The van der Waals surface area contributed by atoms with Crippen LogP contribution in [0.3, 0.4) is 0 Å². The van der Waals surface area contributed by atoms with Crippen LogP contribution in [0, 0.1) is 0 Å². The number of rotatable bonds is 5. The Morgan fingerprint density at radius 3 is 2.76 bits per heavy atom. The third-order valence-corrected chi connectivity index (χ3v) is 4.94. The van der Waals surface area contributed by atoms with Crippen LogP contribution in [0.2, 0.25) is 5.02 Å². The molecule has 0 aromatic heterocycles. The number of nitrogens with one attached hydrogen (secondary N) is 1. The lowest BCUT2D eigenvalue weighted by molar-refractivity contribution is 0.0911. The first-order valence-electron chi connectivity index (χ1n) is 7.50. The van der Waals surface area contributed by atoms with E-state index in [-0.39, 0.29) is 11.9 Å². The summed E-state index contributed by atoms with van der Waals surface area (Å²) < 4.78 is 0. The van der Waals surface area contributed by atoms with Gasteiger partial charge >= 0.3 is 0 Å². The Bertz CT molecular complexity index is 487. The monoisotopic (exact) mass is 326 g/mol. The van der Waals surface area contributed by atoms with Crippen LogP contribution in [-0.4, -0.2) is 42.7 Å². The zero-order chi connectivity index (χ0) is 15.2. The molecule has 2 rings (SSSR count). The van der Waals surface area contributed by atoms with Gasteiger partial charge < -0.3 is 10.2 Å². The summed E-state index contributed by atoms with van der Waals surface area (Å²) in [5, 5.41) is 3.65. The Morgan fingerprint density at radius 2 is 2.14 bits per heavy atom. The lowest BCUT2D eigenvalue weighted by Gasteiger charge is -2.32. The van der Waals surface area contributed by atoms with E-state index in [4.69, 9.17) is 11.6 Å². The molecule has 5 heteroatoms. The first-order valence-corrected chi connectivity index (χ1v) is 9.11. The number of carbonyl (C=O) groups is 1. The van der Waals surface area contributed by atoms with Crippen molar-refractivity contribution in [3.63, 3.8) is 0 Å². The molecule has 0 radical (unpaired) electrons. The molecule has 1 aliphatic heterocycles. The molecule has 1 aromatic rings. The van der Waals surface area contributed by atoms with Crippen molar-refractivity contribution in [1.29, 1.82) is 0 Å². The van der Waals surface area contributed by atoms with E-state index in [0.717, 1.165) is 37.4 Å². The van der Waals surface area contributed by atoms with E-state index in [1.807, 2.05) is 18.4 Å². The van der Waals surface area contributed by atoms with Gasteiger partial charge in [0.1, 0.15) is 0 Å². The highest BCUT2D eigenvalue weighted by Crippen LogP contribution is 2.23. The van der Waals surface area contributed by atoms with Crippen molar-refractivity contribution in [3.8, 4) is 0 Å². The second-order valence-electron chi connectivity index (χ2n) is 5.44. The number of carbonyl (C=O) groups excluding carboxylic acids is 1. The number of likely N-dealkylation sites (tertiary alicyclic amines) is 1. The maximum Gasteiger partial charge on any atom is 0.253 e. The molecule has 0 unspecified atom stereocenters. The number of thioether (sulfide) groups is 1. The van der Waals surface area contributed by atoms with Gasteiger partial charge in [0, 0.05) is 24.0 Å². The Hall–Kier alpha value is -0.710. The van der Waals surface area contributed by atoms with Gasteiger partial charge in [0.15, 0.2) is 0 Å². The third kappa shape index (κ3) is 4.63. The summed E-state index contributed by atoms with van der Waals surface area (Å²) in [4.78, 5) is 15.9. The maximum atomic E-state index is 12.4. The zero-order valence-corrected chi connectivity index (χ0v) is 14.3. The van der Waals surface area contributed by atoms with Crippen molar-refractivity contribution in [1.82, 2.24) is 10.2 Å². The molecule has 1 amide bonds. The fourth-order valence-electron chi connectivity index (χ4n) is 2.69. The molecule has 0 saturated carbocycles. The zero-order valence-electron chi connectivity index (χ0n) is 12.7. The summed E-state index contributed by atoms with van der Waals surface area (Å²) in [6, 6.07) is 5.87. The smallest absolute Gasteiger partial charge is 0.253 e. The third-order valence-electron chi connectivity index (χ3n) is 3.88.